The van der Waals surface area contributed by atoms with Crippen molar-refractivity contribution in [1.82, 2.24) is 9.97 Å². The second kappa shape index (κ2) is 6.21. The fourth-order valence-electron chi connectivity index (χ4n) is 2.14. The van der Waals surface area contributed by atoms with Gasteiger partial charge >= 0.3 is 5.97 Å². The molecule has 1 aromatic heterocycles. The van der Waals surface area contributed by atoms with E-state index >= 15 is 0 Å². The number of aliphatic hydroxyl groups is 1. The van der Waals surface area contributed by atoms with Crippen molar-refractivity contribution in [1.29, 1.82) is 0 Å². The summed E-state index contributed by atoms with van der Waals surface area (Å²) in [5.74, 6) is -0.667. The first-order valence-electron chi connectivity index (χ1n) is 6.19. The van der Waals surface area contributed by atoms with E-state index in [4.69, 9.17) is 5.11 Å². The topological polar surface area (TPSA) is 95.3 Å². The van der Waals surface area contributed by atoms with Crippen molar-refractivity contribution in [2.75, 3.05) is 11.6 Å². The fourth-order valence-corrected chi connectivity index (χ4v) is 2.48. The molecule has 1 saturated carbocycles. The molecule has 3 N–H and O–H groups in total. The normalized spacial score (nSPS) is 23.1. The Bertz CT molecular complexity index is 462. The number of nitrogens with zero attached hydrogens (tertiary/aromatic N) is 2. The van der Waals surface area contributed by atoms with Gasteiger partial charge in [0.05, 0.1) is 6.10 Å². The molecule has 1 aliphatic carbocycles. The smallest absolute Gasteiger partial charge is 0.341 e. The van der Waals surface area contributed by atoms with Crippen molar-refractivity contribution in [3.8, 4) is 0 Å². The highest BCUT2D eigenvalue weighted by Crippen LogP contribution is 2.24. The molecule has 19 heavy (non-hydrogen) atoms. The zero-order valence-corrected chi connectivity index (χ0v) is 11.5. The van der Waals surface area contributed by atoms with Crippen LogP contribution in [0.25, 0.3) is 0 Å². The number of hydrogen-bond donors (Lipinski definition) is 3. The Balaban J connectivity index is 2.15. The Kier molecular flexibility index (Phi) is 4.60. The third-order valence-corrected chi connectivity index (χ3v) is 3.78. The van der Waals surface area contributed by atoms with Gasteiger partial charge in [-0.2, -0.15) is 0 Å². The monoisotopic (exact) mass is 283 g/mol. The number of thioether (sulfide) groups is 1. The van der Waals surface area contributed by atoms with Gasteiger partial charge < -0.3 is 15.5 Å². The molecule has 0 saturated heterocycles. The molecular weight excluding hydrogens is 266 g/mol. The molecule has 1 aliphatic rings. The van der Waals surface area contributed by atoms with Gasteiger partial charge in [0.15, 0.2) is 5.16 Å². The average Bonchev–Trinajstić information content (AvgIpc) is 2.41. The van der Waals surface area contributed by atoms with Crippen molar-refractivity contribution in [3.05, 3.63) is 11.8 Å². The van der Waals surface area contributed by atoms with Gasteiger partial charge in [-0.3, -0.25) is 0 Å². The molecule has 104 valence electrons. The Morgan fingerprint density at radius 3 is 2.68 bits per heavy atom. The zero-order chi connectivity index (χ0) is 13.8. The molecule has 1 aromatic rings. The Hall–Kier alpha value is -1.34. The predicted octanol–water partition coefficient (Wildman–Crippen LogP) is 1.61. The highest BCUT2D eigenvalue weighted by Gasteiger charge is 2.22. The second-order valence-electron chi connectivity index (χ2n) is 4.57. The van der Waals surface area contributed by atoms with Crippen LogP contribution >= 0.6 is 11.8 Å². The predicted molar refractivity (Wildman–Crippen MR) is 72.7 cm³/mol. The van der Waals surface area contributed by atoms with Gasteiger partial charge in [-0.25, -0.2) is 14.8 Å². The lowest BCUT2D eigenvalue weighted by atomic mass is 9.93. The minimum atomic E-state index is -1.04. The van der Waals surface area contributed by atoms with Gasteiger partial charge in [-0.05, 0) is 31.9 Å². The molecule has 0 bridgehead atoms. The fraction of sp³-hybridized carbons (Fsp3) is 0.583. The minimum Gasteiger partial charge on any atom is -0.477 e. The number of hydrogen-bond acceptors (Lipinski definition) is 6. The molecule has 2 rings (SSSR count). The maximum absolute atomic E-state index is 11.1. The van der Waals surface area contributed by atoms with Crippen molar-refractivity contribution in [3.63, 3.8) is 0 Å². The Labute approximate surface area is 115 Å². The SMILES string of the molecule is CSc1ncc(C(=O)O)c(NC2CCC(O)CC2)n1. The van der Waals surface area contributed by atoms with E-state index in [1.54, 1.807) is 0 Å². The van der Waals surface area contributed by atoms with Crippen molar-refractivity contribution < 1.29 is 15.0 Å². The van der Waals surface area contributed by atoms with Crippen molar-refractivity contribution in [2.24, 2.45) is 0 Å². The highest BCUT2D eigenvalue weighted by atomic mass is 32.2. The molecule has 0 aliphatic heterocycles. The molecule has 7 heteroatoms. The van der Waals surface area contributed by atoms with E-state index in [1.807, 2.05) is 6.26 Å². The first kappa shape index (κ1) is 14.1. The summed E-state index contributed by atoms with van der Waals surface area (Å²) in [6, 6.07) is 0.158. The van der Waals surface area contributed by atoms with Crippen LogP contribution < -0.4 is 5.32 Å². The molecule has 0 spiro atoms. The molecule has 6 nitrogen and oxygen atoms in total. The summed E-state index contributed by atoms with van der Waals surface area (Å²) < 4.78 is 0. The van der Waals surface area contributed by atoms with Gasteiger partial charge in [-0.1, -0.05) is 11.8 Å². The third kappa shape index (κ3) is 3.57. The lowest BCUT2D eigenvalue weighted by Gasteiger charge is -2.27. The van der Waals surface area contributed by atoms with E-state index in [1.165, 1.54) is 18.0 Å². The molecule has 0 unspecified atom stereocenters. The molecule has 1 fully saturated rings. The summed E-state index contributed by atoms with van der Waals surface area (Å²) in [5.41, 5.74) is 0.0870. The van der Waals surface area contributed by atoms with Crippen LogP contribution in [0.2, 0.25) is 0 Å². The number of carbonyl (C=O) groups is 1. The first-order chi connectivity index (χ1) is 9.10. The van der Waals surface area contributed by atoms with Crippen LogP contribution in [0, 0.1) is 0 Å². The standard InChI is InChI=1S/C12H17N3O3S/c1-19-12-13-6-9(11(17)18)10(15-12)14-7-2-4-8(16)5-3-7/h6-8,16H,2-5H2,1H3,(H,17,18)(H,13,14,15). The van der Waals surface area contributed by atoms with Crippen LogP contribution in [0.4, 0.5) is 5.82 Å². The number of carboxylic acid groups (broad SMARTS) is 1. The lowest BCUT2D eigenvalue weighted by molar-refractivity contribution is 0.0696. The molecule has 0 amide bonds. The largest absolute Gasteiger partial charge is 0.477 e. The van der Waals surface area contributed by atoms with Crippen LogP contribution in [-0.4, -0.2) is 44.6 Å². The molecule has 0 atom stereocenters. The van der Waals surface area contributed by atoms with Gasteiger partial charge in [0.25, 0.3) is 0 Å². The lowest BCUT2D eigenvalue weighted by Crippen LogP contribution is -2.29. The van der Waals surface area contributed by atoms with Gasteiger partial charge in [0, 0.05) is 12.2 Å². The van der Waals surface area contributed by atoms with Crippen LogP contribution in [0.1, 0.15) is 36.0 Å². The number of aliphatic hydroxyl groups excluding tert-OH is 1. The zero-order valence-electron chi connectivity index (χ0n) is 10.7. The van der Waals surface area contributed by atoms with Gasteiger partial charge in [-0.15, -0.1) is 0 Å². The second-order valence-corrected chi connectivity index (χ2v) is 5.35. The minimum absolute atomic E-state index is 0.0870. The summed E-state index contributed by atoms with van der Waals surface area (Å²) in [7, 11) is 0. The summed E-state index contributed by atoms with van der Waals surface area (Å²) >= 11 is 1.37. The summed E-state index contributed by atoms with van der Waals surface area (Å²) in [6.45, 7) is 0. The molecular formula is C12H17N3O3S. The summed E-state index contributed by atoms with van der Waals surface area (Å²) in [6.07, 6.45) is 6.06. The third-order valence-electron chi connectivity index (χ3n) is 3.22. The van der Waals surface area contributed by atoms with Crippen molar-refractivity contribution >= 4 is 23.5 Å². The number of aromatic carboxylic acids is 1. The molecule has 0 aromatic carbocycles. The number of nitrogens with one attached hydrogen (secondary N) is 1. The van der Waals surface area contributed by atoms with Crippen LogP contribution in [0.5, 0.6) is 0 Å². The first-order valence-corrected chi connectivity index (χ1v) is 7.41. The van der Waals surface area contributed by atoms with Crippen LogP contribution in [0.3, 0.4) is 0 Å². The Morgan fingerprint density at radius 2 is 2.11 bits per heavy atom. The van der Waals surface area contributed by atoms with Crippen molar-refractivity contribution in [2.45, 2.75) is 43.0 Å². The maximum atomic E-state index is 11.1. The number of rotatable bonds is 4. The Morgan fingerprint density at radius 1 is 1.42 bits per heavy atom. The van der Waals surface area contributed by atoms with Crippen LogP contribution in [-0.2, 0) is 0 Å². The van der Waals surface area contributed by atoms with E-state index in [2.05, 4.69) is 15.3 Å². The maximum Gasteiger partial charge on any atom is 0.341 e. The molecule has 0 radical (unpaired) electrons. The number of aromatic nitrogens is 2. The number of anilines is 1. The average molecular weight is 283 g/mol. The van der Waals surface area contributed by atoms with E-state index in [-0.39, 0.29) is 17.7 Å². The van der Waals surface area contributed by atoms with Gasteiger partial charge in [0.2, 0.25) is 0 Å². The quantitative estimate of drug-likeness (QED) is 0.570. The van der Waals surface area contributed by atoms with E-state index in [0.29, 0.717) is 11.0 Å². The number of carboxylic acids is 1. The summed E-state index contributed by atoms with van der Waals surface area (Å²) in [5, 5.41) is 22.3. The summed E-state index contributed by atoms with van der Waals surface area (Å²) in [4.78, 5) is 19.3. The highest BCUT2D eigenvalue weighted by molar-refractivity contribution is 7.98. The van der Waals surface area contributed by atoms with E-state index in [9.17, 15) is 9.90 Å². The van der Waals surface area contributed by atoms with E-state index in [0.717, 1.165) is 25.7 Å². The molecule has 1 heterocycles. The van der Waals surface area contributed by atoms with Crippen LogP contribution in [0.15, 0.2) is 11.4 Å². The van der Waals surface area contributed by atoms with E-state index < -0.39 is 5.97 Å². The van der Waals surface area contributed by atoms with Gasteiger partial charge in [0.1, 0.15) is 11.4 Å².